The van der Waals surface area contributed by atoms with Gasteiger partial charge < -0.3 is 15.1 Å². The molecule has 27 heavy (non-hydrogen) atoms. The molecule has 3 rings (SSSR count). The molecule has 1 atom stereocenters. The van der Waals surface area contributed by atoms with E-state index in [1.165, 1.54) is 0 Å². The summed E-state index contributed by atoms with van der Waals surface area (Å²) < 4.78 is 0. The van der Waals surface area contributed by atoms with Gasteiger partial charge in [0, 0.05) is 63.1 Å². The Labute approximate surface area is 161 Å². The molecule has 1 unspecified atom stereocenters. The molecule has 3 amide bonds. The van der Waals surface area contributed by atoms with Gasteiger partial charge in [-0.2, -0.15) is 0 Å². The molecule has 2 saturated heterocycles. The van der Waals surface area contributed by atoms with Gasteiger partial charge in [-0.1, -0.05) is 6.07 Å². The van der Waals surface area contributed by atoms with Crippen LogP contribution in [0.5, 0.6) is 0 Å². The Morgan fingerprint density at radius 1 is 1.07 bits per heavy atom. The second-order valence-electron chi connectivity index (χ2n) is 7.68. The summed E-state index contributed by atoms with van der Waals surface area (Å²) in [5, 5.41) is 3.07. The molecular formula is C20H31N5O2. The highest BCUT2D eigenvalue weighted by atomic mass is 16.2. The Morgan fingerprint density at radius 2 is 1.78 bits per heavy atom. The molecule has 1 aromatic heterocycles. The molecule has 0 aromatic carbocycles. The highest BCUT2D eigenvalue weighted by Gasteiger charge is 2.25. The Bertz CT molecular complexity index is 652. The predicted octanol–water partition coefficient (Wildman–Crippen LogP) is 1.27. The maximum absolute atomic E-state index is 12.5. The lowest BCUT2D eigenvalue weighted by atomic mass is 10.1. The van der Waals surface area contributed by atoms with Crippen LogP contribution in [0.15, 0.2) is 18.2 Å². The van der Waals surface area contributed by atoms with E-state index in [4.69, 9.17) is 0 Å². The number of carbonyl (C=O) groups is 2. The molecule has 1 aromatic rings. The first kappa shape index (κ1) is 19.6. The summed E-state index contributed by atoms with van der Waals surface area (Å²) in [6.07, 6.45) is 2.96. The summed E-state index contributed by atoms with van der Waals surface area (Å²) in [5.41, 5.74) is 1.98. The van der Waals surface area contributed by atoms with Crippen molar-refractivity contribution in [1.29, 1.82) is 0 Å². The molecule has 0 bridgehead atoms. The van der Waals surface area contributed by atoms with Crippen LogP contribution in [0.2, 0.25) is 0 Å². The van der Waals surface area contributed by atoms with Crippen LogP contribution in [-0.4, -0.2) is 83.5 Å². The maximum atomic E-state index is 12.5. The molecule has 0 spiro atoms. The number of aromatic nitrogens is 1. The molecule has 1 N–H and O–H groups in total. The van der Waals surface area contributed by atoms with E-state index in [1.54, 1.807) is 0 Å². The van der Waals surface area contributed by atoms with Crippen LogP contribution in [0, 0.1) is 6.92 Å². The second kappa shape index (κ2) is 9.17. The Hall–Kier alpha value is -2.15. The fourth-order valence-electron chi connectivity index (χ4n) is 3.75. The lowest BCUT2D eigenvalue weighted by molar-refractivity contribution is -0.131. The molecule has 0 radical (unpaired) electrons. The smallest absolute Gasteiger partial charge is 0.317 e. The van der Waals surface area contributed by atoms with Gasteiger partial charge in [-0.3, -0.25) is 14.7 Å². The van der Waals surface area contributed by atoms with Crippen molar-refractivity contribution in [2.45, 2.75) is 39.2 Å². The van der Waals surface area contributed by atoms with Crippen LogP contribution in [0.4, 0.5) is 4.79 Å². The number of likely N-dealkylation sites (tertiary alicyclic amines) is 1. The first-order valence-corrected chi connectivity index (χ1v) is 9.99. The highest BCUT2D eigenvalue weighted by molar-refractivity contribution is 5.78. The normalized spacial score (nSPS) is 19.2. The predicted molar refractivity (Wildman–Crippen MR) is 104 cm³/mol. The number of aryl methyl sites for hydroxylation is 1. The zero-order chi connectivity index (χ0) is 19.2. The molecule has 3 heterocycles. The summed E-state index contributed by atoms with van der Waals surface area (Å²) in [4.78, 5) is 35.2. The van der Waals surface area contributed by atoms with E-state index in [1.807, 2.05) is 41.8 Å². The van der Waals surface area contributed by atoms with Gasteiger partial charge in [0.2, 0.25) is 5.91 Å². The lowest BCUT2D eigenvalue weighted by Gasteiger charge is -2.35. The van der Waals surface area contributed by atoms with Crippen molar-refractivity contribution in [2.24, 2.45) is 0 Å². The summed E-state index contributed by atoms with van der Waals surface area (Å²) in [6, 6.07) is 5.96. The molecule has 2 fully saturated rings. The van der Waals surface area contributed by atoms with Crippen molar-refractivity contribution < 1.29 is 9.59 Å². The Morgan fingerprint density at radius 3 is 2.44 bits per heavy atom. The zero-order valence-electron chi connectivity index (χ0n) is 16.5. The topological polar surface area (TPSA) is 68.8 Å². The first-order chi connectivity index (χ1) is 13.0. The quantitative estimate of drug-likeness (QED) is 0.844. The summed E-state index contributed by atoms with van der Waals surface area (Å²) in [6.45, 7) is 9.08. The van der Waals surface area contributed by atoms with Crippen LogP contribution >= 0.6 is 0 Å². The van der Waals surface area contributed by atoms with Crippen molar-refractivity contribution in [3.8, 4) is 0 Å². The Balaban J connectivity index is 1.39. The van der Waals surface area contributed by atoms with E-state index >= 15 is 0 Å². The monoisotopic (exact) mass is 373 g/mol. The van der Waals surface area contributed by atoms with Crippen LogP contribution < -0.4 is 5.32 Å². The number of nitrogens with one attached hydrogen (secondary N) is 1. The lowest BCUT2D eigenvalue weighted by Crippen LogP contribution is -2.54. The van der Waals surface area contributed by atoms with E-state index in [0.717, 1.165) is 56.8 Å². The maximum Gasteiger partial charge on any atom is 0.317 e. The standard InChI is InChI=1S/C20H31N5O2/c1-16-6-5-7-18(21-16)14-17(2)22-20(27)25-12-10-23(11-13-25)15-19(26)24-8-3-4-9-24/h5-7,17H,3-4,8-15H2,1-2H3,(H,22,27). The molecule has 148 valence electrons. The van der Waals surface area contributed by atoms with E-state index < -0.39 is 0 Å². The fraction of sp³-hybridized carbons (Fsp3) is 0.650. The number of pyridine rings is 1. The molecular weight excluding hydrogens is 342 g/mol. The third-order valence-electron chi connectivity index (χ3n) is 5.31. The second-order valence-corrected chi connectivity index (χ2v) is 7.68. The zero-order valence-corrected chi connectivity index (χ0v) is 16.5. The highest BCUT2D eigenvalue weighted by Crippen LogP contribution is 2.10. The number of nitrogens with zero attached hydrogens (tertiary/aromatic N) is 4. The van der Waals surface area contributed by atoms with Crippen LogP contribution in [0.25, 0.3) is 0 Å². The van der Waals surface area contributed by atoms with E-state index in [0.29, 0.717) is 19.6 Å². The van der Waals surface area contributed by atoms with Crippen LogP contribution in [0.1, 0.15) is 31.2 Å². The molecule has 7 heteroatoms. The molecule has 0 aliphatic carbocycles. The number of carbonyl (C=O) groups excluding carboxylic acids is 2. The third-order valence-corrected chi connectivity index (χ3v) is 5.31. The summed E-state index contributed by atoms with van der Waals surface area (Å²) >= 11 is 0. The minimum atomic E-state index is -0.0272. The van der Waals surface area contributed by atoms with Crippen molar-refractivity contribution in [3.63, 3.8) is 0 Å². The van der Waals surface area contributed by atoms with E-state index in [9.17, 15) is 9.59 Å². The van der Waals surface area contributed by atoms with Crippen molar-refractivity contribution in [3.05, 3.63) is 29.6 Å². The van der Waals surface area contributed by atoms with Gasteiger partial charge in [0.1, 0.15) is 0 Å². The average molecular weight is 374 g/mol. The van der Waals surface area contributed by atoms with Gasteiger partial charge in [-0.15, -0.1) is 0 Å². The van der Waals surface area contributed by atoms with Gasteiger partial charge in [0.15, 0.2) is 0 Å². The number of rotatable bonds is 5. The molecule has 2 aliphatic heterocycles. The van der Waals surface area contributed by atoms with E-state index in [2.05, 4.69) is 15.2 Å². The summed E-state index contributed by atoms with van der Waals surface area (Å²) in [5.74, 6) is 0.227. The number of hydrogen-bond donors (Lipinski definition) is 1. The van der Waals surface area contributed by atoms with Crippen LogP contribution in [0.3, 0.4) is 0 Å². The van der Waals surface area contributed by atoms with Gasteiger partial charge in [0.25, 0.3) is 0 Å². The van der Waals surface area contributed by atoms with Crippen LogP contribution in [-0.2, 0) is 11.2 Å². The van der Waals surface area contributed by atoms with Gasteiger partial charge in [0.05, 0.1) is 6.54 Å². The molecule has 2 aliphatic rings. The number of piperazine rings is 1. The van der Waals surface area contributed by atoms with E-state index in [-0.39, 0.29) is 18.0 Å². The summed E-state index contributed by atoms with van der Waals surface area (Å²) in [7, 11) is 0. The minimum absolute atomic E-state index is 0.0272. The van der Waals surface area contributed by atoms with Gasteiger partial charge in [-0.25, -0.2) is 4.79 Å². The molecule has 7 nitrogen and oxygen atoms in total. The van der Waals surface area contributed by atoms with Crippen molar-refractivity contribution in [2.75, 3.05) is 45.8 Å². The molecule has 0 saturated carbocycles. The van der Waals surface area contributed by atoms with Gasteiger partial charge in [-0.05, 0) is 38.8 Å². The number of hydrogen-bond acceptors (Lipinski definition) is 4. The SMILES string of the molecule is Cc1cccc(CC(C)NC(=O)N2CCN(CC(=O)N3CCCC3)CC2)n1. The fourth-order valence-corrected chi connectivity index (χ4v) is 3.75. The number of amides is 3. The van der Waals surface area contributed by atoms with Crippen molar-refractivity contribution in [1.82, 2.24) is 25.0 Å². The minimum Gasteiger partial charge on any atom is -0.342 e. The Kier molecular flexibility index (Phi) is 6.66. The third kappa shape index (κ3) is 5.66. The first-order valence-electron chi connectivity index (χ1n) is 9.99. The van der Waals surface area contributed by atoms with Crippen molar-refractivity contribution >= 4 is 11.9 Å². The number of urea groups is 1. The van der Waals surface area contributed by atoms with Gasteiger partial charge >= 0.3 is 6.03 Å². The largest absolute Gasteiger partial charge is 0.342 e. The average Bonchev–Trinajstić information content (AvgIpc) is 3.17.